The van der Waals surface area contributed by atoms with Crippen LogP contribution in [-0.2, 0) is 13.1 Å². The van der Waals surface area contributed by atoms with E-state index in [2.05, 4.69) is 10.2 Å². The monoisotopic (exact) mass is 339 g/mol. The van der Waals surface area contributed by atoms with Gasteiger partial charge in [-0.15, -0.1) is 0 Å². The first kappa shape index (κ1) is 17.1. The van der Waals surface area contributed by atoms with Crippen LogP contribution in [0.2, 0.25) is 0 Å². The lowest BCUT2D eigenvalue weighted by atomic mass is 10.1. The number of nitro benzene ring substituents is 1. The minimum Gasteiger partial charge on any atom is -0.355 e. The van der Waals surface area contributed by atoms with Gasteiger partial charge in [0.25, 0.3) is 11.6 Å². The van der Waals surface area contributed by atoms with E-state index >= 15 is 0 Å². The van der Waals surface area contributed by atoms with Gasteiger partial charge in [-0.3, -0.25) is 19.8 Å². The number of nitrogens with zero attached hydrogens (tertiary/aromatic N) is 2. The van der Waals surface area contributed by atoms with Gasteiger partial charge in [0.15, 0.2) is 0 Å². The Balaban J connectivity index is 1.67. The Kier molecular flexibility index (Phi) is 5.09. The molecule has 0 bridgehead atoms. The van der Waals surface area contributed by atoms with E-state index in [1.165, 1.54) is 12.8 Å². The second-order valence-corrected chi connectivity index (χ2v) is 6.34. The third-order valence-corrected chi connectivity index (χ3v) is 4.42. The van der Waals surface area contributed by atoms with Crippen molar-refractivity contribution in [2.75, 3.05) is 7.05 Å². The second-order valence-electron chi connectivity index (χ2n) is 6.34. The van der Waals surface area contributed by atoms with E-state index in [4.69, 9.17) is 0 Å². The molecule has 1 N–H and O–H groups in total. The number of benzene rings is 2. The summed E-state index contributed by atoms with van der Waals surface area (Å²) in [5.74, 6) is -0.0866. The summed E-state index contributed by atoms with van der Waals surface area (Å²) in [6.45, 7) is 1.57. The molecule has 0 unspecified atom stereocenters. The van der Waals surface area contributed by atoms with Gasteiger partial charge in [-0.25, -0.2) is 0 Å². The summed E-state index contributed by atoms with van der Waals surface area (Å²) < 4.78 is 0. The van der Waals surface area contributed by atoms with E-state index in [0.717, 1.165) is 24.2 Å². The molecule has 0 aliphatic heterocycles. The molecule has 1 aliphatic carbocycles. The van der Waals surface area contributed by atoms with E-state index in [1.807, 2.05) is 36.4 Å². The molecule has 0 saturated heterocycles. The molecule has 2 aromatic rings. The predicted octanol–water partition coefficient (Wildman–Crippen LogP) is 3.12. The largest absolute Gasteiger partial charge is 0.355 e. The van der Waals surface area contributed by atoms with Crippen LogP contribution in [0.15, 0.2) is 48.5 Å². The highest BCUT2D eigenvalue weighted by Crippen LogP contribution is 2.30. The summed E-state index contributed by atoms with van der Waals surface area (Å²) >= 11 is 0. The first-order chi connectivity index (χ1) is 12.1. The fourth-order valence-electron chi connectivity index (χ4n) is 2.85. The first-order valence-corrected chi connectivity index (χ1v) is 8.35. The van der Waals surface area contributed by atoms with Crippen LogP contribution in [0.25, 0.3) is 0 Å². The van der Waals surface area contributed by atoms with Crippen molar-refractivity contribution in [1.82, 2.24) is 10.2 Å². The van der Waals surface area contributed by atoms with Crippen molar-refractivity contribution in [3.8, 4) is 0 Å². The van der Waals surface area contributed by atoms with Crippen LogP contribution in [-0.4, -0.2) is 28.8 Å². The molecule has 1 amide bonds. The number of carbonyl (C=O) groups excluding carboxylic acids is 1. The van der Waals surface area contributed by atoms with Crippen LogP contribution in [0, 0.1) is 10.1 Å². The molecular weight excluding hydrogens is 318 g/mol. The number of hydrogen-bond acceptors (Lipinski definition) is 4. The summed E-state index contributed by atoms with van der Waals surface area (Å²) in [5.41, 5.74) is 2.99. The molecule has 0 aromatic heterocycles. The van der Waals surface area contributed by atoms with Crippen LogP contribution < -0.4 is 5.32 Å². The van der Waals surface area contributed by atoms with Gasteiger partial charge in [0, 0.05) is 43.9 Å². The van der Waals surface area contributed by atoms with Crippen molar-refractivity contribution in [2.45, 2.75) is 32.0 Å². The molecule has 0 heterocycles. The van der Waals surface area contributed by atoms with E-state index in [1.54, 1.807) is 19.2 Å². The average Bonchev–Trinajstić information content (AvgIpc) is 3.46. The molecule has 0 atom stereocenters. The normalized spacial score (nSPS) is 13.7. The fraction of sp³-hybridized carbons (Fsp3) is 0.316. The highest BCUT2D eigenvalue weighted by molar-refractivity contribution is 5.93. The Morgan fingerprint density at radius 2 is 1.60 bits per heavy atom. The van der Waals surface area contributed by atoms with Crippen LogP contribution in [0.5, 0.6) is 0 Å². The topological polar surface area (TPSA) is 75.5 Å². The van der Waals surface area contributed by atoms with Crippen molar-refractivity contribution >= 4 is 11.6 Å². The van der Waals surface area contributed by atoms with Gasteiger partial charge in [-0.2, -0.15) is 0 Å². The maximum atomic E-state index is 11.6. The quantitative estimate of drug-likeness (QED) is 0.621. The van der Waals surface area contributed by atoms with E-state index in [9.17, 15) is 14.9 Å². The van der Waals surface area contributed by atoms with Crippen LogP contribution >= 0.6 is 0 Å². The highest BCUT2D eigenvalue weighted by atomic mass is 16.6. The zero-order valence-electron chi connectivity index (χ0n) is 14.1. The Hall–Kier alpha value is -2.73. The van der Waals surface area contributed by atoms with Gasteiger partial charge in [-0.05, 0) is 36.1 Å². The molecular formula is C19H21N3O3. The number of rotatable bonds is 7. The van der Waals surface area contributed by atoms with Crippen molar-refractivity contribution in [1.29, 1.82) is 0 Å². The fourth-order valence-corrected chi connectivity index (χ4v) is 2.85. The van der Waals surface area contributed by atoms with Gasteiger partial charge in [0.1, 0.15) is 0 Å². The zero-order chi connectivity index (χ0) is 17.8. The van der Waals surface area contributed by atoms with Crippen LogP contribution in [0.3, 0.4) is 0 Å². The molecule has 25 heavy (non-hydrogen) atoms. The number of carbonyl (C=O) groups is 1. The summed E-state index contributed by atoms with van der Waals surface area (Å²) in [6, 6.07) is 15.0. The number of nitrogens with one attached hydrogen (secondary N) is 1. The Morgan fingerprint density at radius 3 is 2.04 bits per heavy atom. The van der Waals surface area contributed by atoms with Crippen molar-refractivity contribution in [2.24, 2.45) is 0 Å². The average molecular weight is 339 g/mol. The highest BCUT2D eigenvalue weighted by Gasteiger charge is 2.29. The number of non-ortho nitro benzene ring substituents is 1. The lowest BCUT2D eigenvalue weighted by Gasteiger charge is -2.22. The minimum atomic E-state index is -0.379. The molecule has 0 radical (unpaired) electrons. The summed E-state index contributed by atoms with van der Waals surface area (Å²) in [6.07, 6.45) is 2.37. The lowest BCUT2D eigenvalue weighted by Crippen LogP contribution is -2.25. The molecule has 6 nitrogen and oxygen atoms in total. The van der Waals surface area contributed by atoms with Crippen molar-refractivity contribution < 1.29 is 9.72 Å². The molecule has 1 aliphatic rings. The van der Waals surface area contributed by atoms with Crippen LogP contribution in [0.4, 0.5) is 5.69 Å². The maximum Gasteiger partial charge on any atom is 0.269 e. The van der Waals surface area contributed by atoms with E-state index < -0.39 is 0 Å². The molecule has 1 fully saturated rings. The second kappa shape index (κ2) is 7.44. The first-order valence-electron chi connectivity index (χ1n) is 8.35. The minimum absolute atomic E-state index is 0.0866. The summed E-state index contributed by atoms with van der Waals surface area (Å²) in [5, 5.41) is 13.4. The smallest absolute Gasteiger partial charge is 0.269 e. The van der Waals surface area contributed by atoms with E-state index in [0.29, 0.717) is 11.6 Å². The Labute approximate surface area is 146 Å². The molecule has 2 aromatic carbocycles. The van der Waals surface area contributed by atoms with Gasteiger partial charge < -0.3 is 5.32 Å². The Morgan fingerprint density at radius 1 is 1.08 bits per heavy atom. The van der Waals surface area contributed by atoms with Gasteiger partial charge in [0.05, 0.1) is 4.92 Å². The molecule has 6 heteroatoms. The zero-order valence-corrected chi connectivity index (χ0v) is 14.1. The summed E-state index contributed by atoms with van der Waals surface area (Å²) in [4.78, 5) is 24.4. The molecule has 0 spiro atoms. The van der Waals surface area contributed by atoms with Crippen molar-refractivity contribution in [3.05, 3.63) is 75.3 Å². The van der Waals surface area contributed by atoms with E-state index in [-0.39, 0.29) is 16.5 Å². The number of amides is 1. The van der Waals surface area contributed by atoms with Gasteiger partial charge in [-0.1, -0.05) is 24.3 Å². The van der Waals surface area contributed by atoms with Gasteiger partial charge in [0.2, 0.25) is 0 Å². The van der Waals surface area contributed by atoms with Crippen molar-refractivity contribution in [3.63, 3.8) is 0 Å². The third kappa shape index (κ3) is 4.42. The molecule has 130 valence electrons. The maximum absolute atomic E-state index is 11.6. The SMILES string of the molecule is CNC(=O)c1ccc(CN(Cc2ccc([N+](=O)[O-])cc2)C2CC2)cc1. The molecule has 3 rings (SSSR count). The standard InChI is InChI=1S/C19H21N3O3/c1-20-19(23)16-6-2-14(3-7-16)12-21(17-10-11-17)13-15-4-8-18(9-5-15)22(24)25/h2-9,17H,10-13H2,1H3,(H,20,23). The molecule has 1 saturated carbocycles. The number of nitro groups is 1. The number of hydrogen-bond donors (Lipinski definition) is 1. The van der Waals surface area contributed by atoms with Gasteiger partial charge >= 0.3 is 0 Å². The van der Waals surface area contributed by atoms with Crippen LogP contribution in [0.1, 0.15) is 34.3 Å². The summed E-state index contributed by atoms with van der Waals surface area (Å²) in [7, 11) is 1.62. The predicted molar refractivity (Wildman–Crippen MR) is 95.2 cm³/mol. The third-order valence-electron chi connectivity index (χ3n) is 4.42. The lowest BCUT2D eigenvalue weighted by molar-refractivity contribution is -0.384. The Bertz CT molecular complexity index is 752.